The molecule has 9 heteroatoms. The molecule has 3 rings (SSSR count). The Hall–Kier alpha value is -3.39. The average molecular weight is 401 g/mol. The largest absolute Gasteiger partial charge is 0.503 e. The number of hydrogen-bond donors (Lipinski definition) is 3. The van der Waals surface area contributed by atoms with E-state index in [1.807, 2.05) is 6.07 Å². The zero-order valence-electron chi connectivity index (χ0n) is 14.9. The number of benzene rings is 2. The van der Waals surface area contributed by atoms with Crippen LogP contribution < -0.4 is 15.7 Å². The predicted molar refractivity (Wildman–Crippen MR) is 106 cm³/mol. The number of halogens is 1. The van der Waals surface area contributed by atoms with Crippen LogP contribution in [0.15, 0.2) is 46.3 Å². The number of phenolic OH excluding ortho intramolecular Hbond substituents is 1. The molecule has 144 valence electrons. The van der Waals surface area contributed by atoms with E-state index in [0.29, 0.717) is 16.6 Å². The smallest absolute Gasteiger partial charge is 0.270 e. The third kappa shape index (κ3) is 4.29. The first kappa shape index (κ1) is 19.4. The number of aromatic nitrogens is 2. The van der Waals surface area contributed by atoms with Crippen LogP contribution in [0.4, 0.5) is 0 Å². The molecule has 0 aliphatic heterocycles. The molecule has 0 spiro atoms. The number of nitrogens with one attached hydrogen (secondary N) is 2. The van der Waals surface area contributed by atoms with Crippen molar-refractivity contribution in [2.45, 2.75) is 12.8 Å². The number of ether oxygens (including phenoxy) is 1. The van der Waals surface area contributed by atoms with E-state index in [1.54, 1.807) is 24.3 Å². The number of hydrogen-bond acceptors (Lipinski definition) is 6. The van der Waals surface area contributed by atoms with E-state index in [-0.39, 0.29) is 46.5 Å². The van der Waals surface area contributed by atoms with Crippen LogP contribution >= 0.6 is 11.6 Å². The van der Waals surface area contributed by atoms with Gasteiger partial charge in [-0.1, -0.05) is 23.7 Å². The molecule has 28 heavy (non-hydrogen) atoms. The molecule has 8 nitrogen and oxygen atoms in total. The second-order valence-electron chi connectivity index (χ2n) is 5.84. The van der Waals surface area contributed by atoms with E-state index in [9.17, 15) is 14.7 Å². The highest BCUT2D eigenvalue weighted by molar-refractivity contribution is 6.34. The minimum absolute atomic E-state index is 0.0351. The number of aromatic hydroxyl groups is 1. The van der Waals surface area contributed by atoms with Gasteiger partial charge in [0.15, 0.2) is 11.5 Å². The molecule has 3 N–H and O–H groups in total. The number of amides is 1. The molecule has 0 fully saturated rings. The number of para-hydroxylation sites is 2. The molecule has 0 aliphatic carbocycles. The summed E-state index contributed by atoms with van der Waals surface area (Å²) in [4.78, 5) is 31.0. The van der Waals surface area contributed by atoms with Crippen LogP contribution in [0.3, 0.4) is 0 Å². The Morgan fingerprint density at radius 1 is 1.36 bits per heavy atom. The van der Waals surface area contributed by atoms with Crippen molar-refractivity contribution in [3.63, 3.8) is 0 Å². The Balaban J connectivity index is 1.61. The van der Waals surface area contributed by atoms with E-state index < -0.39 is 0 Å². The summed E-state index contributed by atoms with van der Waals surface area (Å²) in [7, 11) is 1.41. The van der Waals surface area contributed by atoms with E-state index in [2.05, 4.69) is 20.5 Å². The van der Waals surface area contributed by atoms with Crippen LogP contribution in [0.1, 0.15) is 17.7 Å². The number of carbonyl (C=O) groups is 1. The third-order valence-electron chi connectivity index (χ3n) is 3.98. The molecule has 1 heterocycles. The molecule has 0 radical (unpaired) electrons. The van der Waals surface area contributed by atoms with E-state index in [1.165, 1.54) is 19.4 Å². The number of rotatable bonds is 6. The summed E-state index contributed by atoms with van der Waals surface area (Å²) in [6.07, 6.45) is 1.51. The Bertz CT molecular complexity index is 1110. The van der Waals surface area contributed by atoms with Gasteiger partial charge in [-0.3, -0.25) is 9.59 Å². The van der Waals surface area contributed by atoms with Gasteiger partial charge >= 0.3 is 0 Å². The number of fused-ring (bicyclic) bond motifs is 1. The summed E-state index contributed by atoms with van der Waals surface area (Å²) < 4.78 is 4.95. The van der Waals surface area contributed by atoms with Gasteiger partial charge in [-0.05, 0) is 24.3 Å². The Kier molecular flexibility index (Phi) is 5.90. The van der Waals surface area contributed by atoms with Gasteiger partial charge in [-0.2, -0.15) is 5.10 Å². The van der Waals surface area contributed by atoms with Crippen molar-refractivity contribution in [1.82, 2.24) is 15.4 Å². The van der Waals surface area contributed by atoms with Crippen LogP contribution in [0.5, 0.6) is 11.5 Å². The molecule has 0 atom stereocenters. The standard InChI is InChI=1S/C19H17ClN4O4/c1-28-15-8-6-11(17(20)18(15)26)10-21-24-16(25)9-7-14-19(27)23-13-5-3-2-4-12(13)22-14/h2-6,8,10,26H,7,9H2,1H3,(H,23,27)(H,24,25)/b21-10-. The van der Waals surface area contributed by atoms with Crippen molar-refractivity contribution < 1.29 is 14.6 Å². The van der Waals surface area contributed by atoms with Gasteiger partial charge in [0, 0.05) is 18.4 Å². The van der Waals surface area contributed by atoms with Gasteiger partial charge in [0.1, 0.15) is 5.69 Å². The summed E-state index contributed by atoms with van der Waals surface area (Å²) in [6.45, 7) is 0. The molecule has 3 aromatic rings. The van der Waals surface area contributed by atoms with Crippen LogP contribution in [-0.2, 0) is 11.2 Å². The van der Waals surface area contributed by atoms with Gasteiger partial charge in [-0.25, -0.2) is 10.4 Å². The van der Waals surface area contributed by atoms with Gasteiger partial charge in [0.05, 0.1) is 29.4 Å². The van der Waals surface area contributed by atoms with Crippen molar-refractivity contribution in [2.75, 3.05) is 7.11 Å². The summed E-state index contributed by atoms with van der Waals surface area (Å²) in [5.74, 6) is -0.361. The average Bonchev–Trinajstić information content (AvgIpc) is 2.69. The lowest BCUT2D eigenvalue weighted by Gasteiger charge is -2.06. The quantitative estimate of drug-likeness (QED) is 0.434. The molecular weight excluding hydrogens is 384 g/mol. The minimum Gasteiger partial charge on any atom is -0.503 e. The summed E-state index contributed by atoms with van der Waals surface area (Å²) in [5, 5.41) is 13.7. The summed E-state index contributed by atoms with van der Waals surface area (Å²) in [6, 6.07) is 10.3. The number of methoxy groups -OCH3 is 1. The number of hydrazone groups is 1. The second kappa shape index (κ2) is 8.53. The number of carbonyl (C=O) groups excluding carboxylic acids is 1. The summed E-state index contributed by atoms with van der Waals surface area (Å²) >= 11 is 6.02. The third-order valence-corrected chi connectivity index (χ3v) is 4.38. The fraction of sp³-hybridized carbons (Fsp3) is 0.158. The van der Waals surface area contributed by atoms with Crippen LogP contribution in [0.25, 0.3) is 11.0 Å². The highest BCUT2D eigenvalue weighted by Crippen LogP contribution is 2.35. The van der Waals surface area contributed by atoms with Crippen molar-refractivity contribution in [3.05, 3.63) is 63.0 Å². The number of phenols is 1. The second-order valence-corrected chi connectivity index (χ2v) is 6.22. The first-order valence-corrected chi connectivity index (χ1v) is 8.72. The zero-order valence-corrected chi connectivity index (χ0v) is 15.7. The van der Waals surface area contributed by atoms with E-state index in [0.717, 1.165) is 0 Å². The van der Waals surface area contributed by atoms with E-state index >= 15 is 0 Å². The van der Waals surface area contributed by atoms with E-state index in [4.69, 9.17) is 16.3 Å². The fourth-order valence-corrected chi connectivity index (χ4v) is 2.73. The SMILES string of the molecule is COc1ccc(/C=N\NC(=O)CCc2nc3ccccc3[nH]c2=O)c(Cl)c1O. The molecule has 0 saturated heterocycles. The molecule has 1 aromatic heterocycles. The molecule has 2 aromatic carbocycles. The van der Waals surface area contributed by atoms with Crippen LogP contribution in [0, 0.1) is 0 Å². The maximum absolute atomic E-state index is 12.0. The van der Waals surface area contributed by atoms with Crippen molar-refractivity contribution in [3.8, 4) is 11.5 Å². The predicted octanol–water partition coefficient (Wildman–Crippen LogP) is 2.37. The number of H-pyrrole nitrogens is 1. The van der Waals surface area contributed by atoms with Gasteiger partial charge < -0.3 is 14.8 Å². The molecule has 0 bridgehead atoms. The van der Waals surface area contributed by atoms with Crippen molar-refractivity contribution in [2.24, 2.45) is 5.10 Å². The number of nitrogens with zero attached hydrogens (tertiary/aromatic N) is 2. The van der Waals surface area contributed by atoms with Crippen molar-refractivity contribution in [1.29, 1.82) is 0 Å². The number of aromatic amines is 1. The monoisotopic (exact) mass is 400 g/mol. The first-order valence-electron chi connectivity index (χ1n) is 8.35. The Morgan fingerprint density at radius 3 is 2.93 bits per heavy atom. The lowest BCUT2D eigenvalue weighted by atomic mass is 10.2. The highest BCUT2D eigenvalue weighted by Gasteiger charge is 2.10. The Morgan fingerprint density at radius 2 is 2.14 bits per heavy atom. The highest BCUT2D eigenvalue weighted by atomic mass is 35.5. The molecule has 0 unspecified atom stereocenters. The summed E-state index contributed by atoms with van der Waals surface area (Å²) in [5.41, 5.74) is 4.02. The van der Waals surface area contributed by atoms with Crippen LogP contribution in [0.2, 0.25) is 5.02 Å². The molecule has 0 saturated carbocycles. The van der Waals surface area contributed by atoms with Gasteiger partial charge in [0.2, 0.25) is 5.91 Å². The molecule has 1 amide bonds. The van der Waals surface area contributed by atoms with Gasteiger partial charge in [-0.15, -0.1) is 0 Å². The maximum Gasteiger partial charge on any atom is 0.270 e. The molecule has 0 aliphatic rings. The topological polar surface area (TPSA) is 117 Å². The maximum atomic E-state index is 12.0. The normalized spacial score (nSPS) is 11.1. The van der Waals surface area contributed by atoms with Crippen LogP contribution in [-0.4, -0.2) is 34.3 Å². The first-order chi connectivity index (χ1) is 13.5. The van der Waals surface area contributed by atoms with Crippen molar-refractivity contribution >= 4 is 34.8 Å². The fourth-order valence-electron chi connectivity index (χ4n) is 2.53. The number of aryl methyl sites for hydroxylation is 1. The lowest BCUT2D eigenvalue weighted by molar-refractivity contribution is -0.121. The molecular formula is C19H17ClN4O4. The van der Waals surface area contributed by atoms with Gasteiger partial charge in [0.25, 0.3) is 5.56 Å². The lowest BCUT2D eigenvalue weighted by Crippen LogP contribution is -2.21. The zero-order chi connectivity index (χ0) is 20.1. The minimum atomic E-state index is -0.389. The Labute approximate surface area is 164 Å².